The summed E-state index contributed by atoms with van der Waals surface area (Å²) in [5.41, 5.74) is 1.43. The Balaban J connectivity index is 1.16. The molecule has 2 fully saturated rings. The van der Waals surface area contributed by atoms with Gasteiger partial charge in [0.05, 0.1) is 6.61 Å². The van der Waals surface area contributed by atoms with E-state index in [9.17, 15) is 0 Å². The minimum Gasteiger partial charge on any atom is -0.494 e. The van der Waals surface area contributed by atoms with E-state index in [0.29, 0.717) is 12.0 Å². The number of rotatable bonds is 7. The fourth-order valence-corrected chi connectivity index (χ4v) is 5.23. The van der Waals surface area contributed by atoms with Crippen molar-refractivity contribution in [2.24, 2.45) is 4.40 Å². The zero-order valence-corrected chi connectivity index (χ0v) is 17.1. The fraction of sp³-hybridized carbons (Fsp3) is 0.682. The minimum atomic E-state index is 0.657. The first-order valence-electron chi connectivity index (χ1n) is 10.7. The number of nitrogens with zero attached hydrogens (tertiary/aromatic N) is 2. The predicted molar refractivity (Wildman–Crippen MR) is 113 cm³/mol. The van der Waals surface area contributed by atoms with Crippen LogP contribution in [-0.4, -0.2) is 48.9 Å². The molecule has 27 heavy (non-hydrogen) atoms. The van der Waals surface area contributed by atoms with Crippen LogP contribution in [0.15, 0.2) is 28.7 Å². The van der Waals surface area contributed by atoms with Gasteiger partial charge in [0, 0.05) is 38.0 Å². The van der Waals surface area contributed by atoms with Crippen LogP contribution < -0.4 is 4.74 Å². The van der Waals surface area contributed by atoms with Gasteiger partial charge in [0.15, 0.2) is 0 Å². The number of amidine groups is 1. The molecule has 1 aromatic rings. The van der Waals surface area contributed by atoms with Crippen LogP contribution in [0.25, 0.3) is 0 Å². The van der Waals surface area contributed by atoms with Gasteiger partial charge in [-0.15, -0.1) is 0 Å². The van der Waals surface area contributed by atoms with Crippen molar-refractivity contribution in [3.05, 3.63) is 29.8 Å². The molecule has 0 bridgehead atoms. The Bertz CT molecular complexity index is 613. The maximum Gasteiger partial charge on any atom is 0.119 e. The van der Waals surface area contributed by atoms with Crippen LogP contribution in [0.3, 0.4) is 0 Å². The van der Waals surface area contributed by atoms with E-state index >= 15 is 0 Å². The average Bonchev–Trinajstić information content (AvgIpc) is 2.75. The lowest BCUT2D eigenvalue weighted by molar-refractivity contribution is 0.0853. The molecule has 3 heterocycles. The van der Waals surface area contributed by atoms with Gasteiger partial charge in [-0.1, -0.05) is 12.1 Å². The van der Waals surface area contributed by atoms with E-state index in [4.69, 9.17) is 9.47 Å². The summed E-state index contributed by atoms with van der Waals surface area (Å²) < 4.78 is 16.1. The lowest BCUT2D eigenvalue weighted by Crippen LogP contribution is -2.46. The molecule has 5 heteroatoms. The second-order valence-electron chi connectivity index (χ2n) is 7.88. The number of unbranched alkanes of at least 4 members (excludes halogenated alkanes) is 1. The fourth-order valence-electron chi connectivity index (χ4n) is 4.51. The molecule has 2 saturated heterocycles. The van der Waals surface area contributed by atoms with Crippen LogP contribution in [0.2, 0.25) is 0 Å². The summed E-state index contributed by atoms with van der Waals surface area (Å²) in [6.07, 6.45) is 9.74. The maximum absolute atomic E-state index is 5.98. The van der Waals surface area contributed by atoms with Crippen molar-refractivity contribution < 1.29 is 9.47 Å². The van der Waals surface area contributed by atoms with E-state index < -0.39 is 0 Å². The van der Waals surface area contributed by atoms with Gasteiger partial charge in [-0.2, -0.15) is 0 Å². The highest BCUT2D eigenvalue weighted by Crippen LogP contribution is 2.29. The quantitative estimate of drug-likeness (QED) is 0.484. The summed E-state index contributed by atoms with van der Waals surface area (Å²) in [5, 5.41) is 0. The standard InChI is InChI=1S/C22H32N2O2S/c1(4-20-5-3-6-22-23-27-17-13-24(20)22)2-14-26-21-9-7-18(8-10-21)19-11-15-25-16-12-19/h7-10,19-20H,1-6,11-17H2. The molecule has 1 atom stereocenters. The monoisotopic (exact) mass is 388 g/mol. The van der Waals surface area contributed by atoms with Gasteiger partial charge in [-0.05, 0) is 80.5 Å². The molecule has 0 spiro atoms. The highest BCUT2D eigenvalue weighted by atomic mass is 32.2. The third-order valence-electron chi connectivity index (χ3n) is 6.08. The smallest absolute Gasteiger partial charge is 0.119 e. The predicted octanol–water partition coefficient (Wildman–Crippen LogP) is 5.04. The number of piperidine rings is 1. The molecular weight excluding hydrogens is 356 g/mol. The van der Waals surface area contributed by atoms with Gasteiger partial charge < -0.3 is 14.4 Å². The number of ether oxygens (including phenoxy) is 2. The van der Waals surface area contributed by atoms with E-state index in [1.807, 2.05) is 0 Å². The van der Waals surface area contributed by atoms with Gasteiger partial charge in [0.2, 0.25) is 0 Å². The molecule has 3 aliphatic heterocycles. The van der Waals surface area contributed by atoms with Crippen LogP contribution in [0, 0.1) is 0 Å². The highest BCUT2D eigenvalue weighted by molar-refractivity contribution is 7.98. The van der Waals surface area contributed by atoms with Gasteiger partial charge in [0.1, 0.15) is 11.6 Å². The lowest BCUT2D eigenvalue weighted by atomic mass is 9.92. The molecular formula is C22H32N2O2S. The Morgan fingerprint density at radius 3 is 2.81 bits per heavy atom. The van der Waals surface area contributed by atoms with Gasteiger partial charge in [0.25, 0.3) is 0 Å². The Hall–Kier alpha value is -1.20. The topological polar surface area (TPSA) is 34.1 Å². The molecule has 0 aromatic heterocycles. The number of hydrogen-bond acceptors (Lipinski definition) is 5. The van der Waals surface area contributed by atoms with Crippen molar-refractivity contribution in [1.82, 2.24) is 4.90 Å². The lowest BCUT2D eigenvalue weighted by Gasteiger charge is -2.40. The molecule has 4 nitrogen and oxygen atoms in total. The second kappa shape index (κ2) is 9.83. The highest BCUT2D eigenvalue weighted by Gasteiger charge is 2.27. The summed E-state index contributed by atoms with van der Waals surface area (Å²) in [5.74, 6) is 4.16. The first-order chi connectivity index (χ1) is 13.4. The van der Waals surface area contributed by atoms with Crippen molar-refractivity contribution >= 4 is 17.8 Å². The molecule has 0 aliphatic carbocycles. The number of benzene rings is 1. The van der Waals surface area contributed by atoms with E-state index in [2.05, 4.69) is 33.6 Å². The van der Waals surface area contributed by atoms with Crippen LogP contribution in [0.5, 0.6) is 5.75 Å². The normalized spacial score (nSPS) is 23.6. The molecule has 3 aliphatic rings. The van der Waals surface area contributed by atoms with E-state index in [0.717, 1.165) is 50.6 Å². The first kappa shape index (κ1) is 19.1. The zero-order chi connectivity index (χ0) is 18.3. The Morgan fingerprint density at radius 1 is 1.11 bits per heavy atom. The van der Waals surface area contributed by atoms with Crippen LogP contribution >= 0.6 is 11.9 Å². The van der Waals surface area contributed by atoms with Crippen molar-refractivity contribution in [3.8, 4) is 5.75 Å². The van der Waals surface area contributed by atoms with Crippen LogP contribution in [0.4, 0.5) is 0 Å². The Morgan fingerprint density at radius 2 is 1.96 bits per heavy atom. The van der Waals surface area contributed by atoms with Crippen molar-refractivity contribution in [3.63, 3.8) is 0 Å². The van der Waals surface area contributed by atoms with Crippen molar-refractivity contribution in [2.45, 2.75) is 63.3 Å². The average molecular weight is 389 g/mol. The number of fused-ring (bicyclic) bond motifs is 1. The zero-order valence-electron chi connectivity index (χ0n) is 16.3. The summed E-state index contributed by atoms with van der Waals surface area (Å²) in [6, 6.07) is 9.46. The molecule has 0 N–H and O–H groups in total. The molecule has 1 unspecified atom stereocenters. The molecule has 148 valence electrons. The minimum absolute atomic E-state index is 0.657. The molecule has 4 rings (SSSR count). The Kier molecular flexibility index (Phi) is 6.97. The SMILES string of the molecule is c1cc(C2CCOCC2)ccc1OCCCCC1CCCC2=NSCCN21. The largest absolute Gasteiger partial charge is 0.494 e. The van der Waals surface area contributed by atoms with Crippen molar-refractivity contribution in [1.29, 1.82) is 0 Å². The van der Waals surface area contributed by atoms with E-state index in [1.165, 1.54) is 50.0 Å². The first-order valence-corrected chi connectivity index (χ1v) is 11.6. The van der Waals surface area contributed by atoms with Gasteiger partial charge in [-0.3, -0.25) is 0 Å². The van der Waals surface area contributed by atoms with Crippen molar-refractivity contribution in [2.75, 3.05) is 32.1 Å². The van der Waals surface area contributed by atoms with Crippen LogP contribution in [-0.2, 0) is 4.74 Å². The number of hydrogen-bond donors (Lipinski definition) is 0. The summed E-state index contributed by atoms with van der Waals surface area (Å²) >= 11 is 1.74. The molecule has 0 saturated carbocycles. The van der Waals surface area contributed by atoms with Gasteiger partial charge >= 0.3 is 0 Å². The Labute approximate surface area is 167 Å². The third-order valence-corrected chi connectivity index (χ3v) is 6.78. The van der Waals surface area contributed by atoms with E-state index in [-0.39, 0.29) is 0 Å². The van der Waals surface area contributed by atoms with Crippen LogP contribution in [0.1, 0.15) is 62.8 Å². The summed E-state index contributed by atoms with van der Waals surface area (Å²) in [4.78, 5) is 2.58. The molecule has 0 radical (unpaired) electrons. The maximum atomic E-state index is 5.98. The summed E-state index contributed by atoms with van der Waals surface area (Å²) in [7, 11) is 0. The van der Waals surface area contributed by atoms with E-state index in [1.54, 1.807) is 11.9 Å². The van der Waals surface area contributed by atoms with Gasteiger partial charge in [-0.25, -0.2) is 4.40 Å². The molecule has 0 amide bonds. The summed E-state index contributed by atoms with van der Waals surface area (Å²) in [6.45, 7) is 3.80. The third kappa shape index (κ3) is 5.20. The second-order valence-corrected chi connectivity index (χ2v) is 8.73. The molecule has 1 aromatic carbocycles.